The van der Waals surface area contributed by atoms with E-state index in [9.17, 15) is 5.11 Å². The highest BCUT2D eigenvalue weighted by Gasteiger charge is 2.07. The number of aryl methyl sites for hydroxylation is 1. The summed E-state index contributed by atoms with van der Waals surface area (Å²) in [6.45, 7) is 3.38. The minimum atomic E-state index is 0.0935. The fourth-order valence-electron chi connectivity index (χ4n) is 1.65. The van der Waals surface area contributed by atoms with Crippen molar-refractivity contribution in [2.45, 2.75) is 20.0 Å². The van der Waals surface area contributed by atoms with E-state index in [2.05, 4.69) is 24.4 Å². The van der Waals surface area contributed by atoms with Gasteiger partial charge in [0.05, 0.1) is 5.02 Å². The Balaban J connectivity index is 1.98. The quantitative estimate of drug-likeness (QED) is 0.879. The molecule has 2 rings (SSSR count). The van der Waals surface area contributed by atoms with Gasteiger partial charge in [-0.15, -0.1) is 11.3 Å². The predicted molar refractivity (Wildman–Crippen MR) is 77.7 cm³/mol. The van der Waals surface area contributed by atoms with Gasteiger partial charge in [0, 0.05) is 33.4 Å². The molecule has 0 fully saturated rings. The van der Waals surface area contributed by atoms with Gasteiger partial charge in [0.25, 0.3) is 0 Å². The zero-order valence-electron chi connectivity index (χ0n) is 9.84. The zero-order chi connectivity index (χ0) is 13.1. The fourth-order valence-corrected chi connectivity index (χ4v) is 3.05. The van der Waals surface area contributed by atoms with Crippen LogP contribution in [-0.2, 0) is 13.1 Å². The van der Waals surface area contributed by atoms with E-state index in [1.165, 1.54) is 15.8 Å². The van der Waals surface area contributed by atoms with Crippen LogP contribution in [0.4, 0.5) is 0 Å². The van der Waals surface area contributed by atoms with E-state index in [0.717, 1.165) is 6.54 Å². The molecular weight excluding hydrogens is 289 g/mol. The lowest BCUT2D eigenvalue weighted by Gasteiger charge is -2.08. The standard InChI is InChI=1S/C13H13Cl2NOS/c1-8-2-3-11(18-8)7-16-6-9-4-10(14)5-12(15)13(9)17/h2-5,16-17H,6-7H2,1H3. The molecule has 0 bridgehead atoms. The molecule has 5 heteroatoms. The number of rotatable bonds is 4. The van der Waals surface area contributed by atoms with Crippen LogP contribution in [0.5, 0.6) is 5.75 Å². The van der Waals surface area contributed by atoms with Gasteiger partial charge in [-0.2, -0.15) is 0 Å². The second kappa shape index (κ2) is 5.93. The van der Waals surface area contributed by atoms with E-state index in [1.54, 1.807) is 17.4 Å². The number of halogens is 2. The molecule has 2 N–H and O–H groups in total. The van der Waals surface area contributed by atoms with Crippen LogP contribution < -0.4 is 5.32 Å². The summed E-state index contributed by atoms with van der Waals surface area (Å²) in [4.78, 5) is 2.56. The van der Waals surface area contributed by atoms with E-state index < -0.39 is 0 Å². The lowest BCUT2D eigenvalue weighted by Crippen LogP contribution is -2.11. The first-order chi connectivity index (χ1) is 8.56. The Morgan fingerprint density at radius 1 is 1.22 bits per heavy atom. The molecular formula is C13H13Cl2NOS. The first-order valence-corrected chi connectivity index (χ1v) is 7.06. The third kappa shape index (κ3) is 3.39. The van der Waals surface area contributed by atoms with Crippen molar-refractivity contribution in [1.82, 2.24) is 5.32 Å². The molecule has 2 nitrogen and oxygen atoms in total. The Bertz CT molecular complexity index is 554. The van der Waals surface area contributed by atoms with Gasteiger partial charge in [-0.3, -0.25) is 0 Å². The average molecular weight is 302 g/mol. The van der Waals surface area contributed by atoms with Crippen molar-refractivity contribution >= 4 is 34.5 Å². The number of phenolic OH excluding ortho intramolecular Hbond substituents is 1. The molecule has 0 spiro atoms. The van der Waals surface area contributed by atoms with Gasteiger partial charge in [0.15, 0.2) is 0 Å². The van der Waals surface area contributed by atoms with Crippen LogP contribution in [0.2, 0.25) is 10.0 Å². The van der Waals surface area contributed by atoms with Crippen molar-refractivity contribution < 1.29 is 5.11 Å². The van der Waals surface area contributed by atoms with Gasteiger partial charge >= 0.3 is 0 Å². The fraction of sp³-hybridized carbons (Fsp3) is 0.231. The van der Waals surface area contributed by atoms with Crippen molar-refractivity contribution in [3.8, 4) is 5.75 Å². The number of phenols is 1. The highest BCUT2D eigenvalue weighted by Crippen LogP contribution is 2.31. The molecule has 18 heavy (non-hydrogen) atoms. The number of hydrogen-bond donors (Lipinski definition) is 2. The number of aromatic hydroxyl groups is 1. The molecule has 1 heterocycles. The average Bonchev–Trinajstić information content (AvgIpc) is 2.71. The van der Waals surface area contributed by atoms with Crippen LogP contribution in [-0.4, -0.2) is 5.11 Å². The van der Waals surface area contributed by atoms with E-state index in [0.29, 0.717) is 17.1 Å². The summed E-state index contributed by atoms with van der Waals surface area (Å²) in [6.07, 6.45) is 0. The first-order valence-electron chi connectivity index (χ1n) is 5.49. The van der Waals surface area contributed by atoms with Crippen LogP contribution >= 0.6 is 34.5 Å². The van der Waals surface area contributed by atoms with Crippen molar-refractivity contribution in [2.75, 3.05) is 0 Å². The van der Waals surface area contributed by atoms with Gasteiger partial charge in [-0.1, -0.05) is 23.2 Å². The summed E-state index contributed by atoms with van der Waals surface area (Å²) in [6, 6.07) is 7.44. The molecule has 0 aliphatic carbocycles. The van der Waals surface area contributed by atoms with Crippen LogP contribution in [0.15, 0.2) is 24.3 Å². The lowest BCUT2D eigenvalue weighted by atomic mass is 10.2. The lowest BCUT2D eigenvalue weighted by molar-refractivity contribution is 0.465. The number of thiophene rings is 1. The van der Waals surface area contributed by atoms with Crippen LogP contribution in [0.1, 0.15) is 15.3 Å². The van der Waals surface area contributed by atoms with Gasteiger partial charge < -0.3 is 10.4 Å². The molecule has 0 saturated heterocycles. The Morgan fingerprint density at radius 3 is 2.67 bits per heavy atom. The van der Waals surface area contributed by atoms with Crippen molar-refractivity contribution in [1.29, 1.82) is 0 Å². The minimum absolute atomic E-state index is 0.0935. The molecule has 1 aromatic heterocycles. The molecule has 2 aromatic rings. The number of hydrogen-bond acceptors (Lipinski definition) is 3. The zero-order valence-corrected chi connectivity index (χ0v) is 12.2. The largest absolute Gasteiger partial charge is 0.506 e. The molecule has 0 radical (unpaired) electrons. The van der Waals surface area contributed by atoms with Gasteiger partial charge in [-0.25, -0.2) is 0 Å². The SMILES string of the molecule is Cc1ccc(CNCc2cc(Cl)cc(Cl)c2O)s1. The smallest absolute Gasteiger partial charge is 0.138 e. The van der Waals surface area contributed by atoms with Crippen molar-refractivity contribution in [3.63, 3.8) is 0 Å². The molecule has 0 aliphatic rings. The van der Waals surface area contributed by atoms with E-state index >= 15 is 0 Å². The maximum atomic E-state index is 9.80. The van der Waals surface area contributed by atoms with Crippen LogP contribution in [0.25, 0.3) is 0 Å². The third-order valence-electron chi connectivity index (χ3n) is 2.52. The molecule has 96 valence electrons. The van der Waals surface area contributed by atoms with Crippen molar-refractivity contribution in [3.05, 3.63) is 49.6 Å². The Kier molecular flexibility index (Phi) is 4.51. The predicted octanol–water partition coefficient (Wildman–Crippen LogP) is 4.36. The maximum absolute atomic E-state index is 9.80. The second-order valence-electron chi connectivity index (χ2n) is 4.01. The summed E-state index contributed by atoms with van der Waals surface area (Å²) >= 11 is 13.5. The Hall–Kier alpha value is -0.740. The highest BCUT2D eigenvalue weighted by atomic mass is 35.5. The van der Waals surface area contributed by atoms with Crippen LogP contribution in [0.3, 0.4) is 0 Å². The van der Waals surface area contributed by atoms with Gasteiger partial charge in [0.1, 0.15) is 5.75 Å². The molecule has 0 amide bonds. The summed E-state index contributed by atoms with van der Waals surface area (Å²) in [7, 11) is 0. The monoisotopic (exact) mass is 301 g/mol. The van der Waals surface area contributed by atoms with Gasteiger partial charge in [-0.05, 0) is 31.2 Å². The summed E-state index contributed by atoms with van der Waals surface area (Å²) in [5, 5.41) is 13.9. The molecule has 0 saturated carbocycles. The van der Waals surface area contributed by atoms with E-state index in [1.807, 2.05) is 0 Å². The van der Waals surface area contributed by atoms with Crippen molar-refractivity contribution in [2.24, 2.45) is 0 Å². The Morgan fingerprint density at radius 2 is 2.00 bits per heavy atom. The number of benzene rings is 1. The Labute approximate surface area is 120 Å². The molecule has 0 unspecified atom stereocenters. The molecule has 1 aromatic carbocycles. The summed E-state index contributed by atoms with van der Waals surface area (Å²) < 4.78 is 0. The molecule has 0 aliphatic heterocycles. The second-order valence-corrected chi connectivity index (χ2v) is 6.23. The van der Waals surface area contributed by atoms with Gasteiger partial charge in [0.2, 0.25) is 0 Å². The third-order valence-corrected chi connectivity index (χ3v) is 4.02. The van der Waals surface area contributed by atoms with E-state index in [-0.39, 0.29) is 10.8 Å². The summed E-state index contributed by atoms with van der Waals surface area (Å²) in [5.74, 6) is 0.0935. The maximum Gasteiger partial charge on any atom is 0.138 e. The first kappa shape index (κ1) is 13.7. The summed E-state index contributed by atoms with van der Waals surface area (Å²) in [5.41, 5.74) is 0.709. The number of nitrogens with one attached hydrogen (secondary N) is 1. The van der Waals surface area contributed by atoms with E-state index in [4.69, 9.17) is 23.2 Å². The highest BCUT2D eigenvalue weighted by molar-refractivity contribution is 7.11. The molecule has 0 atom stereocenters. The normalized spacial score (nSPS) is 10.8. The topological polar surface area (TPSA) is 32.3 Å². The minimum Gasteiger partial charge on any atom is -0.506 e. The van der Waals surface area contributed by atoms with Crippen LogP contribution in [0, 0.1) is 6.92 Å².